The third kappa shape index (κ3) is 3.43. The lowest BCUT2D eigenvalue weighted by atomic mass is 10.1. The number of rotatable bonds is 6. The largest absolute Gasteiger partial charge is 0.493 e. The molecule has 1 heterocycles. The molecule has 0 unspecified atom stereocenters. The Balaban J connectivity index is 1.78. The second kappa shape index (κ2) is 7.11. The summed E-state index contributed by atoms with van der Waals surface area (Å²) in [6.07, 6.45) is 0.849. The van der Waals surface area contributed by atoms with Crippen molar-refractivity contribution in [3.05, 3.63) is 71.4 Å². The predicted molar refractivity (Wildman–Crippen MR) is 90.3 cm³/mol. The fourth-order valence-electron chi connectivity index (χ4n) is 2.58. The van der Waals surface area contributed by atoms with Crippen LogP contribution in [0.3, 0.4) is 0 Å². The molecular formula is C19H20N2O2. The molecule has 118 valence electrons. The molecule has 0 bridgehead atoms. The van der Waals surface area contributed by atoms with Crippen LogP contribution in [0.5, 0.6) is 5.75 Å². The summed E-state index contributed by atoms with van der Waals surface area (Å²) in [6.45, 7) is 2.45. The van der Waals surface area contributed by atoms with Gasteiger partial charge in [0.05, 0.1) is 13.2 Å². The SMILES string of the molecule is Cc1[nH]nc(-c2ccccc2OCCc2ccccc2)c1CO. The van der Waals surface area contributed by atoms with E-state index in [4.69, 9.17) is 4.74 Å². The zero-order chi connectivity index (χ0) is 16.1. The van der Waals surface area contributed by atoms with Crippen molar-refractivity contribution in [2.75, 3.05) is 6.61 Å². The molecule has 0 atom stereocenters. The van der Waals surface area contributed by atoms with Crippen LogP contribution in [0.25, 0.3) is 11.3 Å². The van der Waals surface area contributed by atoms with E-state index in [9.17, 15) is 5.11 Å². The molecule has 0 spiro atoms. The fourth-order valence-corrected chi connectivity index (χ4v) is 2.58. The fraction of sp³-hybridized carbons (Fsp3) is 0.211. The number of benzene rings is 2. The standard InChI is InChI=1S/C19H20N2O2/c1-14-17(13-22)19(21-20-14)16-9-5-6-10-18(16)23-12-11-15-7-3-2-4-8-15/h2-10,22H,11-13H2,1H3,(H,20,21). The smallest absolute Gasteiger partial charge is 0.128 e. The first-order valence-corrected chi connectivity index (χ1v) is 7.70. The highest BCUT2D eigenvalue weighted by atomic mass is 16.5. The lowest BCUT2D eigenvalue weighted by Gasteiger charge is -2.11. The molecule has 0 saturated heterocycles. The quantitative estimate of drug-likeness (QED) is 0.733. The molecule has 0 aliphatic rings. The van der Waals surface area contributed by atoms with Gasteiger partial charge in [-0.3, -0.25) is 5.10 Å². The highest BCUT2D eigenvalue weighted by molar-refractivity contribution is 5.70. The number of H-pyrrole nitrogens is 1. The molecular weight excluding hydrogens is 288 g/mol. The van der Waals surface area contributed by atoms with Gasteiger partial charge in [0.1, 0.15) is 11.4 Å². The molecule has 0 aliphatic carbocycles. The number of nitrogens with one attached hydrogen (secondary N) is 1. The van der Waals surface area contributed by atoms with E-state index in [2.05, 4.69) is 22.3 Å². The van der Waals surface area contributed by atoms with Gasteiger partial charge >= 0.3 is 0 Å². The number of para-hydroxylation sites is 1. The summed E-state index contributed by atoms with van der Waals surface area (Å²) in [5.41, 5.74) is 4.58. The summed E-state index contributed by atoms with van der Waals surface area (Å²) < 4.78 is 5.97. The van der Waals surface area contributed by atoms with Gasteiger partial charge in [-0.2, -0.15) is 5.10 Å². The molecule has 0 saturated carbocycles. The molecule has 3 aromatic rings. The molecule has 4 heteroatoms. The van der Waals surface area contributed by atoms with Crippen LogP contribution in [0, 0.1) is 6.92 Å². The number of nitrogens with zero attached hydrogens (tertiary/aromatic N) is 1. The molecule has 0 fully saturated rings. The Bertz CT molecular complexity index is 766. The number of aryl methyl sites for hydroxylation is 1. The van der Waals surface area contributed by atoms with E-state index in [1.807, 2.05) is 49.4 Å². The van der Waals surface area contributed by atoms with E-state index in [-0.39, 0.29) is 6.61 Å². The van der Waals surface area contributed by atoms with E-state index >= 15 is 0 Å². The monoisotopic (exact) mass is 308 g/mol. The van der Waals surface area contributed by atoms with Gasteiger partial charge in [-0.05, 0) is 24.6 Å². The Labute approximate surface area is 135 Å². The lowest BCUT2D eigenvalue weighted by molar-refractivity contribution is 0.281. The van der Waals surface area contributed by atoms with Gasteiger partial charge in [0, 0.05) is 23.2 Å². The van der Waals surface area contributed by atoms with Crippen LogP contribution >= 0.6 is 0 Å². The van der Waals surface area contributed by atoms with Crippen LogP contribution < -0.4 is 4.74 Å². The lowest BCUT2D eigenvalue weighted by Crippen LogP contribution is -2.02. The maximum absolute atomic E-state index is 9.56. The Kier molecular flexibility index (Phi) is 4.74. The summed E-state index contributed by atoms with van der Waals surface area (Å²) in [7, 11) is 0. The van der Waals surface area contributed by atoms with Gasteiger partial charge in [-0.25, -0.2) is 0 Å². The summed E-state index contributed by atoms with van der Waals surface area (Å²) in [5.74, 6) is 0.782. The van der Waals surface area contributed by atoms with Crippen LogP contribution in [-0.2, 0) is 13.0 Å². The average molecular weight is 308 g/mol. The Morgan fingerprint density at radius 2 is 1.78 bits per heavy atom. The Morgan fingerprint density at radius 1 is 1.04 bits per heavy atom. The third-order valence-corrected chi connectivity index (χ3v) is 3.87. The highest BCUT2D eigenvalue weighted by Crippen LogP contribution is 2.32. The molecule has 2 aromatic carbocycles. The Hall–Kier alpha value is -2.59. The second-order valence-electron chi connectivity index (χ2n) is 5.41. The van der Waals surface area contributed by atoms with Crippen molar-refractivity contribution in [3.8, 4) is 17.0 Å². The van der Waals surface area contributed by atoms with Crippen LogP contribution in [0.1, 0.15) is 16.8 Å². The van der Waals surface area contributed by atoms with Gasteiger partial charge in [-0.1, -0.05) is 42.5 Å². The van der Waals surface area contributed by atoms with E-state index in [0.717, 1.165) is 34.7 Å². The minimum absolute atomic E-state index is 0.0456. The number of aliphatic hydroxyl groups excluding tert-OH is 1. The summed E-state index contributed by atoms with van der Waals surface area (Å²) in [4.78, 5) is 0. The number of hydrogen-bond donors (Lipinski definition) is 2. The molecule has 23 heavy (non-hydrogen) atoms. The summed E-state index contributed by atoms with van der Waals surface area (Å²) in [6, 6.07) is 18.1. The topological polar surface area (TPSA) is 58.1 Å². The van der Waals surface area contributed by atoms with E-state index in [1.165, 1.54) is 5.56 Å². The van der Waals surface area contributed by atoms with Crippen molar-refractivity contribution in [1.82, 2.24) is 10.2 Å². The van der Waals surface area contributed by atoms with Crippen molar-refractivity contribution >= 4 is 0 Å². The van der Waals surface area contributed by atoms with Gasteiger partial charge < -0.3 is 9.84 Å². The van der Waals surface area contributed by atoms with E-state index < -0.39 is 0 Å². The van der Waals surface area contributed by atoms with E-state index in [0.29, 0.717) is 6.61 Å². The number of ether oxygens (including phenoxy) is 1. The molecule has 0 amide bonds. The highest BCUT2D eigenvalue weighted by Gasteiger charge is 2.15. The second-order valence-corrected chi connectivity index (χ2v) is 5.41. The van der Waals surface area contributed by atoms with Gasteiger partial charge in [-0.15, -0.1) is 0 Å². The zero-order valence-corrected chi connectivity index (χ0v) is 13.1. The van der Waals surface area contributed by atoms with E-state index in [1.54, 1.807) is 0 Å². The Morgan fingerprint density at radius 3 is 2.57 bits per heavy atom. The molecule has 0 radical (unpaired) electrons. The van der Waals surface area contributed by atoms with Crippen molar-refractivity contribution < 1.29 is 9.84 Å². The predicted octanol–water partition coefficient (Wildman–Crippen LogP) is 3.50. The van der Waals surface area contributed by atoms with Crippen molar-refractivity contribution in [2.24, 2.45) is 0 Å². The summed E-state index contributed by atoms with van der Waals surface area (Å²) in [5, 5.41) is 16.8. The molecule has 1 aromatic heterocycles. The van der Waals surface area contributed by atoms with Crippen LogP contribution in [0.4, 0.5) is 0 Å². The molecule has 3 rings (SSSR count). The first-order chi connectivity index (χ1) is 11.3. The molecule has 0 aliphatic heterocycles. The number of aromatic nitrogens is 2. The first-order valence-electron chi connectivity index (χ1n) is 7.70. The third-order valence-electron chi connectivity index (χ3n) is 3.87. The number of hydrogen-bond acceptors (Lipinski definition) is 3. The summed E-state index contributed by atoms with van der Waals surface area (Å²) >= 11 is 0. The number of aliphatic hydroxyl groups is 1. The van der Waals surface area contributed by atoms with Gasteiger partial charge in [0.15, 0.2) is 0 Å². The van der Waals surface area contributed by atoms with Crippen LogP contribution in [-0.4, -0.2) is 21.9 Å². The van der Waals surface area contributed by atoms with Gasteiger partial charge in [0.25, 0.3) is 0 Å². The average Bonchev–Trinajstić information content (AvgIpc) is 2.97. The number of aromatic amines is 1. The van der Waals surface area contributed by atoms with Crippen LogP contribution in [0.15, 0.2) is 54.6 Å². The van der Waals surface area contributed by atoms with Crippen molar-refractivity contribution in [1.29, 1.82) is 0 Å². The van der Waals surface area contributed by atoms with Crippen LogP contribution in [0.2, 0.25) is 0 Å². The van der Waals surface area contributed by atoms with Crippen molar-refractivity contribution in [3.63, 3.8) is 0 Å². The normalized spacial score (nSPS) is 10.7. The minimum atomic E-state index is -0.0456. The maximum atomic E-state index is 9.56. The van der Waals surface area contributed by atoms with Gasteiger partial charge in [0.2, 0.25) is 0 Å². The van der Waals surface area contributed by atoms with Crippen molar-refractivity contribution in [2.45, 2.75) is 20.0 Å². The maximum Gasteiger partial charge on any atom is 0.128 e. The molecule has 4 nitrogen and oxygen atoms in total. The molecule has 2 N–H and O–H groups in total. The zero-order valence-electron chi connectivity index (χ0n) is 13.1. The minimum Gasteiger partial charge on any atom is -0.493 e. The first kappa shape index (κ1) is 15.3.